The first kappa shape index (κ1) is 10.9. The number of nitrogens with one attached hydrogen (secondary N) is 1. The van der Waals surface area contributed by atoms with E-state index in [1.165, 1.54) is 25.7 Å². The summed E-state index contributed by atoms with van der Waals surface area (Å²) in [7, 11) is 0. The topological polar surface area (TPSA) is 24.9 Å². The average Bonchev–Trinajstić information content (AvgIpc) is 2.19. The molecule has 0 unspecified atom stereocenters. The fourth-order valence-corrected chi connectivity index (χ4v) is 2.28. The molecule has 1 N–H and O–H groups in total. The van der Waals surface area contributed by atoms with Crippen molar-refractivity contribution in [1.82, 2.24) is 10.3 Å². The molecule has 2 rings (SSSR count). The second-order valence-electron chi connectivity index (χ2n) is 4.31. The number of rotatable bonds is 4. The highest BCUT2D eigenvalue weighted by molar-refractivity contribution is 6.31. The van der Waals surface area contributed by atoms with Crippen molar-refractivity contribution in [2.45, 2.75) is 44.7 Å². The zero-order valence-corrected chi connectivity index (χ0v) is 9.85. The Labute approximate surface area is 96.1 Å². The lowest BCUT2D eigenvalue weighted by atomic mass is 9.75. The van der Waals surface area contributed by atoms with Gasteiger partial charge in [0.05, 0.1) is 5.02 Å². The van der Waals surface area contributed by atoms with Crippen molar-refractivity contribution < 1.29 is 0 Å². The van der Waals surface area contributed by atoms with Crippen LogP contribution in [0, 0.1) is 0 Å². The summed E-state index contributed by atoms with van der Waals surface area (Å²) in [5.41, 5.74) is 1.53. The van der Waals surface area contributed by atoms with Crippen LogP contribution in [-0.2, 0) is 6.54 Å². The highest BCUT2D eigenvalue weighted by Crippen LogP contribution is 2.35. The first-order valence-corrected chi connectivity index (χ1v) is 5.97. The second-order valence-corrected chi connectivity index (χ2v) is 4.72. The number of hydrogen-bond donors (Lipinski definition) is 1. The van der Waals surface area contributed by atoms with E-state index < -0.39 is 0 Å². The Kier molecular flexibility index (Phi) is 3.27. The van der Waals surface area contributed by atoms with Crippen molar-refractivity contribution in [3.8, 4) is 0 Å². The maximum atomic E-state index is 6.05. The quantitative estimate of drug-likeness (QED) is 0.850. The summed E-state index contributed by atoms with van der Waals surface area (Å²) in [5.74, 6) is 0. The third-order valence-electron chi connectivity index (χ3n) is 3.50. The zero-order valence-electron chi connectivity index (χ0n) is 9.09. The number of halogens is 1. The minimum absolute atomic E-state index is 0.382. The van der Waals surface area contributed by atoms with Gasteiger partial charge in [-0.2, -0.15) is 0 Å². The van der Waals surface area contributed by atoms with Crippen LogP contribution in [0.25, 0.3) is 0 Å². The minimum atomic E-state index is 0.382. The van der Waals surface area contributed by atoms with E-state index in [1.54, 1.807) is 12.4 Å². The molecule has 0 radical (unpaired) electrons. The molecule has 2 nitrogen and oxygen atoms in total. The zero-order chi connectivity index (χ0) is 10.7. The minimum Gasteiger partial charge on any atom is -0.307 e. The average molecular weight is 225 g/mol. The predicted molar refractivity (Wildman–Crippen MR) is 63.0 cm³/mol. The summed E-state index contributed by atoms with van der Waals surface area (Å²) in [6.45, 7) is 3.11. The molecule has 1 heterocycles. The highest BCUT2D eigenvalue weighted by Gasteiger charge is 2.34. The van der Waals surface area contributed by atoms with Crippen LogP contribution in [-0.4, -0.2) is 10.5 Å². The molecular weight excluding hydrogens is 208 g/mol. The highest BCUT2D eigenvalue weighted by atomic mass is 35.5. The monoisotopic (exact) mass is 224 g/mol. The number of hydrogen-bond acceptors (Lipinski definition) is 2. The molecule has 1 aromatic heterocycles. The molecule has 0 atom stereocenters. The third kappa shape index (κ3) is 2.32. The third-order valence-corrected chi connectivity index (χ3v) is 3.84. The molecule has 0 aliphatic heterocycles. The van der Waals surface area contributed by atoms with Gasteiger partial charge in [-0.3, -0.25) is 4.98 Å². The normalized spacial score (nSPS) is 18.5. The molecule has 0 bridgehead atoms. The first-order valence-electron chi connectivity index (χ1n) is 5.59. The van der Waals surface area contributed by atoms with Crippen LogP contribution in [0.2, 0.25) is 5.02 Å². The Bertz CT molecular complexity index is 329. The van der Waals surface area contributed by atoms with Gasteiger partial charge in [0, 0.05) is 24.5 Å². The summed E-state index contributed by atoms with van der Waals surface area (Å²) >= 11 is 6.05. The second kappa shape index (κ2) is 4.50. The maximum Gasteiger partial charge on any atom is 0.0634 e. The van der Waals surface area contributed by atoms with Gasteiger partial charge in [0.15, 0.2) is 0 Å². The van der Waals surface area contributed by atoms with Crippen molar-refractivity contribution in [2.75, 3.05) is 0 Å². The molecular formula is C12H17ClN2. The van der Waals surface area contributed by atoms with Crippen LogP contribution < -0.4 is 5.32 Å². The van der Waals surface area contributed by atoms with Gasteiger partial charge in [0.1, 0.15) is 0 Å². The van der Waals surface area contributed by atoms with Crippen molar-refractivity contribution >= 4 is 11.6 Å². The Balaban J connectivity index is 1.95. The molecule has 1 aliphatic rings. The van der Waals surface area contributed by atoms with Gasteiger partial charge in [0.25, 0.3) is 0 Å². The summed E-state index contributed by atoms with van der Waals surface area (Å²) in [6, 6.07) is 1.98. The molecule has 1 fully saturated rings. The maximum absolute atomic E-state index is 6.05. The molecule has 1 saturated carbocycles. The molecule has 1 aliphatic carbocycles. The van der Waals surface area contributed by atoms with Crippen LogP contribution in [0.1, 0.15) is 38.2 Å². The standard InChI is InChI=1S/C12H17ClN2/c1-2-12(5-3-6-12)15-8-10-4-7-14-9-11(10)13/h4,7,9,15H,2-3,5-6,8H2,1H3. The SMILES string of the molecule is CCC1(NCc2ccncc2Cl)CCC1. The van der Waals surface area contributed by atoms with Crippen molar-refractivity contribution in [3.63, 3.8) is 0 Å². The summed E-state index contributed by atoms with van der Waals surface area (Å²) in [4.78, 5) is 3.98. The van der Waals surface area contributed by atoms with E-state index in [1.807, 2.05) is 6.07 Å². The van der Waals surface area contributed by atoms with Gasteiger partial charge in [-0.05, 0) is 37.3 Å². The van der Waals surface area contributed by atoms with Crippen molar-refractivity contribution in [3.05, 3.63) is 29.0 Å². The molecule has 3 heteroatoms. The lowest BCUT2D eigenvalue weighted by molar-refractivity contribution is 0.175. The largest absolute Gasteiger partial charge is 0.307 e. The Morgan fingerprint density at radius 3 is 2.87 bits per heavy atom. The molecule has 1 aromatic rings. The van der Waals surface area contributed by atoms with Gasteiger partial charge in [-0.15, -0.1) is 0 Å². The van der Waals surface area contributed by atoms with E-state index in [0.717, 1.165) is 17.1 Å². The first-order chi connectivity index (χ1) is 7.26. The van der Waals surface area contributed by atoms with E-state index in [9.17, 15) is 0 Å². The van der Waals surface area contributed by atoms with Gasteiger partial charge < -0.3 is 5.32 Å². The Morgan fingerprint density at radius 1 is 1.53 bits per heavy atom. The molecule has 15 heavy (non-hydrogen) atoms. The summed E-state index contributed by atoms with van der Waals surface area (Å²) in [5, 5.41) is 4.39. The van der Waals surface area contributed by atoms with E-state index in [0.29, 0.717) is 5.54 Å². The summed E-state index contributed by atoms with van der Waals surface area (Å²) < 4.78 is 0. The molecule has 0 amide bonds. The number of aromatic nitrogens is 1. The van der Waals surface area contributed by atoms with Gasteiger partial charge in [-0.25, -0.2) is 0 Å². The van der Waals surface area contributed by atoms with E-state index in [2.05, 4.69) is 17.2 Å². The van der Waals surface area contributed by atoms with Crippen molar-refractivity contribution in [1.29, 1.82) is 0 Å². The summed E-state index contributed by atoms with van der Waals surface area (Å²) in [6.07, 6.45) is 8.65. The molecule has 82 valence electrons. The smallest absolute Gasteiger partial charge is 0.0634 e. The molecule has 0 aromatic carbocycles. The van der Waals surface area contributed by atoms with Crippen LogP contribution >= 0.6 is 11.6 Å². The molecule has 0 spiro atoms. The number of nitrogens with zero attached hydrogens (tertiary/aromatic N) is 1. The van der Waals surface area contributed by atoms with E-state index in [-0.39, 0.29) is 0 Å². The van der Waals surface area contributed by atoms with Gasteiger partial charge >= 0.3 is 0 Å². The van der Waals surface area contributed by atoms with E-state index >= 15 is 0 Å². The van der Waals surface area contributed by atoms with E-state index in [4.69, 9.17) is 11.6 Å². The van der Waals surface area contributed by atoms with Crippen LogP contribution in [0.4, 0.5) is 0 Å². The lowest BCUT2D eigenvalue weighted by Crippen LogP contribution is -2.49. The van der Waals surface area contributed by atoms with Crippen LogP contribution in [0.3, 0.4) is 0 Å². The lowest BCUT2D eigenvalue weighted by Gasteiger charge is -2.42. The Morgan fingerprint density at radius 2 is 2.33 bits per heavy atom. The predicted octanol–water partition coefficient (Wildman–Crippen LogP) is 3.16. The van der Waals surface area contributed by atoms with Gasteiger partial charge in [0.2, 0.25) is 0 Å². The fourth-order valence-electron chi connectivity index (χ4n) is 2.09. The van der Waals surface area contributed by atoms with Crippen LogP contribution in [0.15, 0.2) is 18.5 Å². The molecule has 0 saturated heterocycles. The van der Waals surface area contributed by atoms with Crippen molar-refractivity contribution in [2.24, 2.45) is 0 Å². The van der Waals surface area contributed by atoms with Gasteiger partial charge in [-0.1, -0.05) is 18.5 Å². The number of pyridine rings is 1. The van der Waals surface area contributed by atoms with Crippen LogP contribution in [0.5, 0.6) is 0 Å². The fraction of sp³-hybridized carbons (Fsp3) is 0.583. The Hall–Kier alpha value is -0.600.